The fourth-order valence-electron chi connectivity index (χ4n) is 1.71. The Labute approximate surface area is 133 Å². The minimum atomic E-state index is -1.05. The van der Waals surface area contributed by atoms with Crippen molar-refractivity contribution in [1.29, 1.82) is 0 Å². The minimum Gasteiger partial charge on any atom is -0.480 e. The van der Waals surface area contributed by atoms with Crippen LogP contribution >= 0.6 is 23.2 Å². The van der Waals surface area contributed by atoms with Gasteiger partial charge in [-0.2, -0.15) is 0 Å². The third-order valence-electron chi connectivity index (χ3n) is 3.18. The van der Waals surface area contributed by atoms with E-state index in [0.29, 0.717) is 22.0 Å². The Balaban J connectivity index is 2.81. The Hall–Kier alpha value is -1.52. The zero-order chi connectivity index (χ0) is 16.0. The predicted molar refractivity (Wildman–Crippen MR) is 84.5 cm³/mol. The third kappa shape index (κ3) is 5.06. The van der Waals surface area contributed by atoms with Crippen molar-refractivity contribution in [3.05, 3.63) is 39.9 Å². The number of nitrogens with one attached hydrogen (secondary N) is 1. The Morgan fingerprint density at radius 2 is 1.90 bits per heavy atom. The standard InChI is InChI=1S/C15H17Cl2NO3/c1-3-9(2)14(15(20)21)18-13(19)8-7-10-11(16)5-4-6-12(10)17/h4-9,14H,3H2,1-2H3,(H,18,19)(H,20,21)/b8-7+. The normalized spacial score (nSPS) is 13.9. The number of benzene rings is 1. The van der Waals surface area contributed by atoms with Crippen LogP contribution in [0.4, 0.5) is 0 Å². The summed E-state index contributed by atoms with van der Waals surface area (Å²) in [7, 11) is 0. The van der Waals surface area contributed by atoms with Gasteiger partial charge in [-0.3, -0.25) is 4.79 Å². The van der Waals surface area contributed by atoms with Crippen molar-refractivity contribution < 1.29 is 14.7 Å². The highest BCUT2D eigenvalue weighted by molar-refractivity contribution is 6.37. The van der Waals surface area contributed by atoms with Crippen molar-refractivity contribution in [1.82, 2.24) is 5.32 Å². The molecule has 1 aromatic rings. The van der Waals surface area contributed by atoms with E-state index in [1.54, 1.807) is 25.1 Å². The van der Waals surface area contributed by atoms with Crippen LogP contribution in [0.15, 0.2) is 24.3 Å². The van der Waals surface area contributed by atoms with Crippen LogP contribution in [0.5, 0.6) is 0 Å². The number of halogens is 2. The second-order valence-electron chi connectivity index (χ2n) is 4.68. The number of hydrogen-bond donors (Lipinski definition) is 2. The molecular weight excluding hydrogens is 313 g/mol. The SMILES string of the molecule is CCC(C)C(NC(=O)/C=C/c1c(Cl)cccc1Cl)C(=O)O. The van der Waals surface area contributed by atoms with Gasteiger partial charge in [0.25, 0.3) is 0 Å². The van der Waals surface area contributed by atoms with Crippen LogP contribution in [-0.4, -0.2) is 23.0 Å². The van der Waals surface area contributed by atoms with Crippen LogP contribution in [0, 0.1) is 5.92 Å². The van der Waals surface area contributed by atoms with Gasteiger partial charge in [0.05, 0.1) is 0 Å². The summed E-state index contributed by atoms with van der Waals surface area (Å²) in [6.07, 6.45) is 3.35. The molecule has 2 atom stereocenters. The van der Waals surface area contributed by atoms with E-state index in [9.17, 15) is 9.59 Å². The Morgan fingerprint density at radius 3 is 2.38 bits per heavy atom. The lowest BCUT2D eigenvalue weighted by atomic mass is 9.99. The summed E-state index contributed by atoms with van der Waals surface area (Å²) >= 11 is 12.0. The lowest BCUT2D eigenvalue weighted by Crippen LogP contribution is -2.44. The quantitative estimate of drug-likeness (QED) is 0.783. The average molecular weight is 330 g/mol. The maximum Gasteiger partial charge on any atom is 0.326 e. The van der Waals surface area contributed by atoms with E-state index < -0.39 is 17.9 Å². The fraction of sp³-hybridized carbons (Fsp3) is 0.333. The first-order chi connectivity index (χ1) is 9.86. The van der Waals surface area contributed by atoms with Gasteiger partial charge in [-0.15, -0.1) is 0 Å². The van der Waals surface area contributed by atoms with E-state index in [1.165, 1.54) is 12.2 Å². The zero-order valence-electron chi connectivity index (χ0n) is 11.8. The van der Waals surface area contributed by atoms with Crippen LogP contribution in [0.1, 0.15) is 25.8 Å². The van der Waals surface area contributed by atoms with Crippen LogP contribution < -0.4 is 5.32 Å². The first kappa shape index (κ1) is 17.5. The van der Waals surface area contributed by atoms with Crippen molar-refractivity contribution >= 4 is 41.2 Å². The summed E-state index contributed by atoms with van der Waals surface area (Å²) in [5.41, 5.74) is 0.520. The van der Waals surface area contributed by atoms with Gasteiger partial charge in [0, 0.05) is 21.7 Å². The molecule has 0 radical (unpaired) electrons. The molecule has 114 valence electrons. The molecule has 0 saturated heterocycles. The van der Waals surface area contributed by atoms with Crippen LogP contribution in [0.3, 0.4) is 0 Å². The molecule has 21 heavy (non-hydrogen) atoms. The summed E-state index contributed by atoms with van der Waals surface area (Å²) in [5.74, 6) is -1.72. The lowest BCUT2D eigenvalue weighted by molar-refractivity contribution is -0.142. The second kappa shape index (κ2) is 8.05. The van der Waals surface area contributed by atoms with Gasteiger partial charge in [0.2, 0.25) is 5.91 Å². The summed E-state index contributed by atoms with van der Waals surface area (Å²) in [6.45, 7) is 3.64. The molecule has 0 saturated carbocycles. The maximum absolute atomic E-state index is 11.8. The molecule has 0 aliphatic heterocycles. The van der Waals surface area contributed by atoms with E-state index in [2.05, 4.69) is 5.32 Å². The lowest BCUT2D eigenvalue weighted by Gasteiger charge is -2.19. The number of carbonyl (C=O) groups excluding carboxylic acids is 1. The third-order valence-corrected chi connectivity index (χ3v) is 3.84. The topological polar surface area (TPSA) is 66.4 Å². The average Bonchev–Trinajstić information content (AvgIpc) is 2.43. The molecule has 0 bridgehead atoms. The zero-order valence-corrected chi connectivity index (χ0v) is 13.3. The summed E-state index contributed by atoms with van der Waals surface area (Å²) in [4.78, 5) is 23.0. The fourth-order valence-corrected chi connectivity index (χ4v) is 2.24. The molecule has 4 nitrogen and oxygen atoms in total. The number of carboxylic acid groups (broad SMARTS) is 1. The number of hydrogen-bond acceptors (Lipinski definition) is 2. The molecule has 0 aromatic heterocycles. The van der Waals surface area contributed by atoms with E-state index in [4.69, 9.17) is 28.3 Å². The Morgan fingerprint density at radius 1 is 1.33 bits per heavy atom. The van der Waals surface area contributed by atoms with Crippen LogP contribution in [0.2, 0.25) is 10.0 Å². The highest BCUT2D eigenvalue weighted by atomic mass is 35.5. The molecule has 0 aliphatic rings. The van der Waals surface area contributed by atoms with E-state index >= 15 is 0 Å². The minimum absolute atomic E-state index is 0.163. The van der Waals surface area contributed by atoms with Gasteiger partial charge in [0.1, 0.15) is 6.04 Å². The summed E-state index contributed by atoms with van der Waals surface area (Å²) in [5, 5.41) is 12.4. The number of carboxylic acids is 1. The molecule has 6 heteroatoms. The van der Waals surface area contributed by atoms with Gasteiger partial charge < -0.3 is 10.4 Å². The summed E-state index contributed by atoms with van der Waals surface area (Å²) < 4.78 is 0. The highest BCUT2D eigenvalue weighted by Gasteiger charge is 2.24. The monoisotopic (exact) mass is 329 g/mol. The van der Waals surface area contributed by atoms with E-state index in [0.717, 1.165) is 0 Å². The highest BCUT2D eigenvalue weighted by Crippen LogP contribution is 2.25. The molecule has 0 aliphatic carbocycles. The molecule has 1 rings (SSSR count). The molecule has 1 aromatic carbocycles. The number of amides is 1. The smallest absolute Gasteiger partial charge is 0.326 e. The Kier molecular flexibility index (Phi) is 6.72. The van der Waals surface area contributed by atoms with Gasteiger partial charge in [-0.05, 0) is 24.1 Å². The van der Waals surface area contributed by atoms with Crippen LogP contribution in [-0.2, 0) is 9.59 Å². The number of carbonyl (C=O) groups is 2. The van der Waals surface area contributed by atoms with E-state index in [1.807, 2.05) is 6.92 Å². The summed E-state index contributed by atoms with van der Waals surface area (Å²) in [6, 6.07) is 4.09. The largest absolute Gasteiger partial charge is 0.480 e. The number of aliphatic carboxylic acids is 1. The predicted octanol–water partition coefficient (Wildman–Crippen LogP) is 3.62. The number of rotatable bonds is 6. The van der Waals surface area contributed by atoms with Gasteiger partial charge in [-0.25, -0.2) is 4.79 Å². The van der Waals surface area contributed by atoms with Crippen molar-refractivity contribution in [2.24, 2.45) is 5.92 Å². The molecule has 1 amide bonds. The van der Waals surface area contributed by atoms with Crippen molar-refractivity contribution in [2.45, 2.75) is 26.3 Å². The molecule has 2 N–H and O–H groups in total. The van der Waals surface area contributed by atoms with Crippen LogP contribution in [0.25, 0.3) is 6.08 Å². The molecule has 0 heterocycles. The first-order valence-electron chi connectivity index (χ1n) is 6.52. The van der Waals surface area contributed by atoms with Gasteiger partial charge in [-0.1, -0.05) is 49.5 Å². The Bertz CT molecular complexity index is 538. The molecule has 2 unspecified atom stereocenters. The van der Waals surface area contributed by atoms with Crippen molar-refractivity contribution in [3.63, 3.8) is 0 Å². The van der Waals surface area contributed by atoms with E-state index in [-0.39, 0.29) is 5.92 Å². The van der Waals surface area contributed by atoms with Crippen molar-refractivity contribution in [3.8, 4) is 0 Å². The van der Waals surface area contributed by atoms with Gasteiger partial charge in [0.15, 0.2) is 0 Å². The first-order valence-corrected chi connectivity index (χ1v) is 7.27. The second-order valence-corrected chi connectivity index (χ2v) is 5.49. The molecule has 0 fully saturated rings. The molecular formula is C15H17Cl2NO3. The molecule has 0 spiro atoms. The maximum atomic E-state index is 11.8. The van der Waals surface area contributed by atoms with Crippen molar-refractivity contribution in [2.75, 3.05) is 0 Å². The van der Waals surface area contributed by atoms with Gasteiger partial charge >= 0.3 is 5.97 Å².